The molecule has 0 radical (unpaired) electrons. The van der Waals surface area contributed by atoms with Gasteiger partial charge in [0.15, 0.2) is 11.6 Å². The highest BCUT2D eigenvalue weighted by Crippen LogP contribution is 2.30. The van der Waals surface area contributed by atoms with E-state index in [1.54, 1.807) is 24.4 Å². The molecule has 2 rings (SSSR count). The van der Waals surface area contributed by atoms with E-state index in [-0.39, 0.29) is 11.6 Å². The molecule has 2 nitrogen and oxygen atoms in total. The number of halogens is 3. The van der Waals surface area contributed by atoms with Gasteiger partial charge >= 0.3 is 0 Å². The zero-order valence-electron chi connectivity index (χ0n) is 9.58. The van der Waals surface area contributed by atoms with E-state index in [1.165, 1.54) is 6.07 Å². The highest BCUT2D eigenvalue weighted by atomic mass is 35.5. The molecule has 5 heteroatoms. The second-order valence-corrected chi connectivity index (χ2v) is 4.47. The van der Waals surface area contributed by atoms with Crippen molar-refractivity contribution >= 4 is 23.2 Å². The van der Waals surface area contributed by atoms with Crippen molar-refractivity contribution in [1.29, 1.82) is 0 Å². The summed E-state index contributed by atoms with van der Waals surface area (Å²) in [5.74, 6) is 0.115. The summed E-state index contributed by atoms with van der Waals surface area (Å²) in [6.45, 7) is 1.85. The molecule has 0 fully saturated rings. The molecule has 0 aliphatic rings. The average molecular weight is 286 g/mol. The van der Waals surface area contributed by atoms with E-state index in [0.717, 1.165) is 11.1 Å². The zero-order valence-corrected chi connectivity index (χ0v) is 11.1. The van der Waals surface area contributed by atoms with E-state index < -0.39 is 5.82 Å². The maximum atomic E-state index is 13.5. The zero-order chi connectivity index (χ0) is 13.1. The maximum Gasteiger partial charge on any atom is 0.238 e. The second-order valence-electron chi connectivity index (χ2n) is 3.80. The van der Waals surface area contributed by atoms with Gasteiger partial charge in [0.2, 0.25) is 5.88 Å². The van der Waals surface area contributed by atoms with Crippen molar-refractivity contribution in [3.63, 3.8) is 0 Å². The number of aromatic nitrogens is 1. The minimum Gasteiger partial charge on any atom is -0.434 e. The molecule has 18 heavy (non-hydrogen) atoms. The summed E-state index contributed by atoms with van der Waals surface area (Å²) >= 11 is 11.6. The van der Waals surface area contributed by atoms with Gasteiger partial charge in [-0.05, 0) is 36.2 Å². The smallest absolute Gasteiger partial charge is 0.238 e. The lowest BCUT2D eigenvalue weighted by Crippen LogP contribution is -1.93. The third kappa shape index (κ3) is 2.92. The third-order valence-corrected chi connectivity index (χ3v) is 2.89. The molecule has 0 spiro atoms. The number of ether oxygens (including phenoxy) is 1. The van der Waals surface area contributed by atoms with Crippen molar-refractivity contribution in [2.45, 2.75) is 12.8 Å². The Bertz CT molecular complexity index is 575. The van der Waals surface area contributed by atoms with E-state index in [0.29, 0.717) is 10.9 Å². The molecular formula is C13H10Cl2FNO. The fourth-order valence-corrected chi connectivity index (χ4v) is 1.78. The van der Waals surface area contributed by atoms with E-state index in [1.807, 2.05) is 6.92 Å². The quantitative estimate of drug-likeness (QED) is 0.762. The number of rotatable bonds is 3. The van der Waals surface area contributed by atoms with Crippen LogP contribution in [0.4, 0.5) is 4.39 Å². The standard InChI is InChI=1S/C13H10Cl2FNO/c1-8-2-3-11(16)12(4-8)18-13-10(15)5-9(6-14)7-17-13/h2-5,7H,6H2,1H3. The summed E-state index contributed by atoms with van der Waals surface area (Å²) in [6.07, 6.45) is 1.54. The molecule has 0 saturated carbocycles. The summed E-state index contributed by atoms with van der Waals surface area (Å²) in [5.41, 5.74) is 1.67. The molecule has 1 aromatic carbocycles. The molecule has 1 aromatic heterocycles. The number of pyridine rings is 1. The largest absolute Gasteiger partial charge is 0.434 e. The van der Waals surface area contributed by atoms with Gasteiger partial charge in [-0.25, -0.2) is 9.37 Å². The van der Waals surface area contributed by atoms with Crippen LogP contribution in [0.3, 0.4) is 0 Å². The van der Waals surface area contributed by atoms with Gasteiger partial charge in [-0.15, -0.1) is 11.6 Å². The van der Waals surface area contributed by atoms with Gasteiger partial charge in [0.1, 0.15) is 5.02 Å². The van der Waals surface area contributed by atoms with Gasteiger partial charge in [0, 0.05) is 12.1 Å². The van der Waals surface area contributed by atoms with Gasteiger partial charge in [-0.1, -0.05) is 17.7 Å². The lowest BCUT2D eigenvalue weighted by molar-refractivity contribution is 0.427. The lowest BCUT2D eigenvalue weighted by Gasteiger charge is -2.08. The summed E-state index contributed by atoms with van der Waals surface area (Å²) in [6, 6.07) is 6.23. The third-order valence-electron chi connectivity index (χ3n) is 2.31. The first kappa shape index (κ1) is 13.1. The summed E-state index contributed by atoms with van der Waals surface area (Å²) in [5, 5.41) is 0.300. The van der Waals surface area contributed by atoms with Crippen molar-refractivity contribution in [2.24, 2.45) is 0 Å². The van der Waals surface area contributed by atoms with Crippen LogP contribution < -0.4 is 4.74 Å². The molecule has 0 amide bonds. The number of aryl methyl sites for hydroxylation is 1. The Kier molecular flexibility index (Phi) is 4.04. The number of hydrogen-bond donors (Lipinski definition) is 0. The molecule has 2 aromatic rings. The molecule has 0 N–H and O–H groups in total. The predicted octanol–water partition coefficient (Wildman–Crippen LogP) is 4.71. The van der Waals surface area contributed by atoms with Gasteiger partial charge < -0.3 is 4.74 Å². The first-order chi connectivity index (χ1) is 8.60. The Balaban J connectivity index is 2.31. The minimum absolute atomic E-state index is 0.100. The number of nitrogens with zero attached hydrogens (tertiary/aromatic N) is 1. The van der Waals surface area contributed by atoms with Crippen LogP contribution in [0.15, 0.2) is 30.5 Å². The van der Waals surface area contributed by atoms with Crippen molar-refractivity contribution in [1.82, 2.24) is 4.98 Å². The van der Waals surface area contributed by atoms with Crippen LogP contribution in [0.1, 0.15) is 11.1 Å². The van der Waals surface area contributed by atoms with Crippen molar-refractivity contribution in [2.75, 3.05) is 0 Å². The molecule has 0 saturated heterocycles. The fourth-order valence-electron chi connectivity index (χ4n) is 1.41. The summed E-state index contributed by atoms with van der Waals surface area (Å²) in [4.78, 5) is 4.01. The van der Waals surface area contributed by atoms with E-state index in [9.17, 15) is 4.39 Å². The van der Waals surface area contributed by atoms with Crippen molar-refractivity contribution in [3.05, 3.63) is 52.4 Å². The Morgan fingerprint density at radius 1 is 1.33 bits per heavy atom. The van der Waals surface area contributed by atoms with Gasteiger partial charge in [-0.3, -0.25) is 0 Å². The van der Waals surface area contributed by atoms with Crippen LogP contribution >= 0.6 is 23.2 Å². The lowest BCUT2D eigenvalue weighted by atomic mass is 10.2. The molecule has 94 valence electrons. The van der Waals surface area contributed by atoms with Gasteiger partial charge in [0.25, 0.3) is 0 Å². The van der Waals surface area contributed by atoms with E-state index >= 15 is 0 Å². The SMILES string of the molecule is Cc1ccc(F)c(Oc2ncc(CCl)cc2Cl)c1. The monoisotopic (exact) mass is 285 g/mol. The van der Waals surface area contributed by atoms with Crippen LogP contribution in [0, 0.1) is 12.7 Å². The number of hydrogen-bond acceptors (Lipinski definition) is 2. The van der Waals surface area contributed by atoms with Crippen LogP contribution in [0.2, 0.25) is 5.02 Å². The van der Waals surface area contributed by atoms with E-state index in [2.05, 4.69) is 4.98 Å². The highest BCUT2D eigenvalue weighted by molar-refractivity contribution is 6.32. The first-order valence-electron chi connectivity index (χ1n) is 5.24. The number of alkyl halides is 1. The Hall–Kier alpha value is -1.32. The van der Waals surface area contributed by atoms with Gasteiger partial charge in [0.05, 0.1) is 0 Å². The molecule has 0 aliphatic carbocycles. The Morgan fingerprint density at radius 2 is 2.11 bits per heavy atom. The Labute approximate surface area is 114 Å². The van der Waals surface area contributed by atoms with Gasteiger partial charge in [-0.2, -0.15) is 0 Å². The minimum atomic E-state index is -0.458. The van der Waals surface area contributed by atoms with Crippen LogP contribution in [0.25, 0.3) is 0 Å². The van der Waals surface area contributed by atoms with Crippen LogP contribution in [-0.4, -0.2) is 4.98 Å². The topological polar surface area (TPSA) is 22.1 Å². The number of benzene rings is 1. The van der Waals surface area contributed by atoms with E-state index in [4.69, 9.17) is 27.9 Å². The molecule has 0 atom stereocenters. The molecule has 0 aliphatic heterocycles. The van der Waals surface area contributed by atoms with Crippen LogP contribution in [0.5, 0.6) is 11.6 Å². The van der Waals surface area contributed by atoms with Crippen molar-refractivity contribution in [3.8, 4) is 11.6 Å². The molecule has 0 unspecified atom stereocenters. The molecule has 0 bridgehead atoms. The predicted molar refractivity (Wildman–Crippen MR) is 70.0 cm³/mol. The molecular weight excluding hydrogens is 276 g/mol. The first-order valence-corrected chi connectivity index (χ1v) is 6.16. The normalized spacial score (nSPS) is 10.4. The maximum absolute atomic E-state index is 13.5. The summed E-state index contributed by atoms with van der Waals surface area (Å²) < 4.78 is 18.9. The fraction of sp³-hybridized carbons (Fsp3) is 0.154. The van der Waals surface area contributed by atoms with Crippen LogP contribution in [-0.2, 0) is 5.88 Å². The average Bonchev–Trinajstić information content (AvgIpc) is 2.36. The summed E-state index contributed by atoms with van der Waals surface area (Å²) in [7, 11) is 0. The Morgan fingerprint density at radius 3 is 2.78 bits per heavy atom. The van der Waals surface area contributed by atoms with Crippen molar-refractivity contribution < 1.29 is 9.13 Å². The second kappa shape index (κ2) is 5.55. The molecule has 1 heterocycles. The highest BCUT2D eigenvalue weighted by Gasteiger charge is 2.09.